The van der Waals surface area contributed by atoms with Crippen LogP contribution in [0, 0.1) is 12.3 Å². The maximum Gasteiger partial charge on any atom is 0.122 e. The van der Waals surface area contributed by atoms with Gasteiger partial charge in [0.1, 0.15) is 5.84 Å². The van der Waals surface area contributed by atoms with Crippen molar-refractivity contribution in [2.45, 2.75) is 13.5 Å². The van der Waals surface area contributed by atoms with Crippen LogP contribution in [0.3, 0.4) is 0 Å². The molecule has 0 spiro atoms. The summed E-state index contributed by atoms with van der Waals surface area (Å²) in [6, 6.07) is 5.82. The van der Waals surface area contributed by atoms with Gasteiger partial charge >= 0.3 is 0 Å². The first-order valence-electron chi connectivity index (χ1n) is 4.23. The van der Waals surface area contributed by atoms with E-state index in [1.165, 1.54) is 11.1 Å². The highest BCUT2D eigenvalue weighted by molar-refractivity contribution is 5.95. The Balaban J connectivity index is 2.98. The Morgan fingerprint density at radius 2 is 2.23 bits per heavy atom. The predicted octanol–water partition coefficient (Wildman–Crippen LogP) is 0.998. The molecule has 0 aliphatic carbocycles. The first-order valence-corrected chi connectivity index (χ1v) is 4.23. The summed E-state index contributed by atoms with van der Waals surface area (Å²) < 4.78 is 0. The third kappa shape index (κ3) is 2.29. The standard InChI is InChI=1S/C10H15N3/c1-7-5-8(10(11)12)3-4-9(7)6-13-2/h3-5,13H,6H2,1-2H3,(H3,11,12). The number of aryl methyl sites for hydroxylation is 1. The Labute approximate surface area is 78.5 Å². The Hall–Kier alpha value is -1.35. The molecule has 1 aromatic rings. The second-order valence-electron chi connectivity index (χ2n) is 3.09. The van der Waals surface area contributed by atoms with Crippen LogP contribution in [0.4, 0.5) is 0 Å². The van der Waals surface area contributed by atoms with Gasteiger partial charge < -0.3 is 11.1 Å². The molecule has 4 N–H and O–H groups in total. The van der Waals surface area contributed by atoms with Crippen LogP contribution in [-0.2, 0) is 6.54 Å². The highest BCUT2D eigenvalue weighted by Crippen LogP contribution is 2.10. The van der Waals surface area contributed by atoms with E-state index in [-0.39, 0.29) is 5.84 Å². The number of hydrogen-bond donors (Lipinski definition) is 3. The molecule has 0 atom stereocenters. The molecular formula is C10H15N3. The van der Waals surface area contributed by atoms with E-state index < -0.39 is 0 Å². The zero-order chi connectivity index (χ0) is 9.84. The van der Waals surface area contributed by atoms with E-state index in [4.69, 9.17) is 11.1 Å². The highest BCUT2D eigenvalue weighted by atomic mass is 14.8. The molecule has 0 amide bonds. The SMILES string of the molecule is CNCc1ccc(C(=N)N)cc1C. The number of nitrogens with two attached hydrogens (primary N) is 1. The molecule has 0 bridgehead atoms. The lowest BCUT2D eigenvalue weighted by molar-refractivity contribution is 0.812. The lowest BCUT2D eigenvalue weighted by Gasteiger charge is -2.06. The van der Waals surface area contributed by atoms with Crippen molar-refractivity contribution < 1.29 is 0 Å². The number of hydrogen-bond acceptors (Lipinski definition) is 2. The first kappa shape index (κ1) is 9.74. The summed E-state index contributed by atoms with van der Waals surface area (Å²) in [5.74, 6) is 0.124. The molecule has 0 aliphatic rings. The summed E-state index contributed by atoms with van der Waals surface area (Å²) in [7, 11) is 1.92. The molecular weight excluding hydrogens is 162 g/mol. The van der Waals surface area contributed by atoms with Crippen LogP contribution in [0.1, 0.15) is 16.7 Å². The Kier molecular flexibility index (Phi) is 3.03. The highest BCUT2D eigenvalue weighted by Gasteiger charge is 2.00. The molecule has 0 radical (unpaired) electrons. The predicted molar refractivity (Wildman–Crippen MR) is 55.0 cm³/mol. The largest absolute Gasteiger partial charge is 0.384 e. The summed E-state index contributed by atoms with van der Waals surface area (Å²) in [5, 5.41) is 10.4. The summed E-state index contributed by atoms with van der Waals surface area (Å²) in [4.78, 5) is 0. The molecule has 1 rings (SSSR count). The molecule has 0 unspecified atom stereocenters. The van der Waals surface area contributed by atoms with Gasteiger partial charge in [-0.1, -0.05) is 12.1 Å². The van der Waals surface area contributed by atoms with Gasteiger partial charge in [-0.3, -0.25) is 5.41 Å². The molecule has 0 saturated carbocycles. The summed E-state index contributed by atoms with van der Waals surface area (Å²) >= 11 is 0. The number of amidine groups is 1. The van der Waals surface area contributed by atoms with Crippen molar-refractivity contribution in [2.24, 2.45) is 5.73 Å². The minimum absolute atomic E-state index is 0.124. The van der Waals surface area contributed by atoms with Crippen LogP contribution >= 0.6 is 0 Å². The molecule has 1 aromatic carbocycles. The van der Waals surface area contributed by atoms with E-state index in [0.717, 1.165) is 12.1 Å². The number of benzene rings is 1. The monoisotopic (exact) mass is 177 g/mol. The maximum atomic E-state index is 7.27. The summed E-state index contributed by atoms with van der Waals surface area (Å²) in [6.07, 6.45) is 0. The number of nitrogen functional groups attached to an aromatic ring is 1. The molecule has 0 saturated heterocycles. The normalized spacial score (nSPS) is 10.0. The molecule has 13 heavy (non-hydrogen) atoms. The van der Waals surface area contributed by atoms with Gasteiger partial charge in [0.15, 0.2) is 0 Å². The van der Waals surface area contributed by atoms with Gasteiger partial charge in [0, 0.05) is 12.1 Å². The second-order valence-corrected chi connectivity index (χ2v) is 3.09. The van der Waals surface area contributed by atoms with E-state index in [0.29, 0.717) is 0 Å². The summed E-state index contributed by atoms with van der Waals surface area (Å²) in [6.45, 7) is 2.88. The fourth-order valence-electron chi connectivity index (χ4n) is 1.25. The van der Waals surface area contributed by atoms with Gasteiger partial charge in [-0.05, 0) is 31.2 Å². The molecule has 0 heterocycles. The van der Waals surface area contributed by atoms with Crippen LogP contribution in [0.15, 0.2) is 18.2 Å². The summed E-state index contributed by atoms with van der Waals surface area (Å²) in [5.41, 5.74) is 8.58. The average molecular weight is 177 g/mol. The van der Waals surface area contributed by atoms with Crippen molar-refractivity contribution in [3.8, 4) is 0 Å². The maximum absolute atomic E-state index is 7.27. The average Bonchev–Trinajstić information content (AvgIpc) is 2.08. The van der Waals surface area contributed by atoms with Crippen LogP contribution in [0.5, 0.6) is 0 Å². The Morgan fingerprint density at radius 1 is 1.54 bits per heavy atom. The molecule has 0 aromatic heterocycles. The molecule has 70 valence electrons. The second kappa shape index (κ2) is 4.05. The minimum Gasteiger partial charge on any atom is -0.384 e. The van der Waals surface area contributed by atoms with Crippen molar-refractivity contribution >= 4 is 5.84 Å². The van der Waals surface area contributed by atoms with Gasteiger partial charge in [-0.2, -0.15) is 0 Å². The van der Waals surface area contributed by atoms with E-state index >= 15 is 0 Å². The van der Waals surface area contributed by atoms with E-state index in [1.54, 1.807) is 0 Å². The van der Waals surface area contributed by atoms with Gasteiger partial charge in [0.25, 0.3) is 0 Å². The van der Waals surface area contributed by atoms with Crippen LogP contribution < -0.4 is 11.1 Å². The number of rotatable bonds is 3. The van der Waals surface area contributed by atoms with E-state index in [9.17, 15) is 0 Å². The van der Waals surface area contributed by atoms with Crippen LogP contribution in [0.2, 0.25) is 0 Å². The molecule has 3 heteroatoms. The fourth-order valence-corrected chi connectivity index (χ4v) is 1.25. The molecule has 0 fully saturated rings. The van der Waals surface area contributed by atoms with Gasteiger partial charge in [0.05, 0.1) is 0 Å². The van der Waals surface area contributed by atoms with Crippen molar-refractivity contribution in [3.05, 3.63) is 34.9 Å². The molecule has 0 aliphatic heterocycles. The smallest absolute Gasteiger partial charge is 0.122 e. The van der Waals surface area contributed by atoms with Gasteiger partial charge in [-0.15, -0.1) is 0 Å². The van der Waals surface area contributed by atoms with Gasteiger partial charge in [-0.25, -0.2) is 0 Å². The third-order valence-electron chi connectivity index (χ3n) is 2.02. The van der Waals surface area contributed by atoms with Crippen LogP contribution in [0.25, 0.3) is 0 Å². The Bertz CT molecular complexity index is 318. The zero-order valence-corrected chi connectivity index (χ0v) is 8.02. The zero-order valence-electron chi connectivity index (χ0n) is 8.02. The third-order valence-corrected chi connectivity index (χ3v) is 2.02. The van der Waals surface area contributed by atoms with Crippen molar-refractivity contribution in [3.63, 3.8) is 0 Å². The van der Waals surface area contributed by atoms with E-state index in [2.05, 4.69) is 5.32 Å². The molecule has 3 nitrogen and oxygen atoms in total. The number of nitrogens with one attached hydrogen (secondary N) is 2. The van der Waals surface area contributed by atoms with Crippen molar-refractivity contribution in [1.82, 2.24) is 5.32 Å². The van der Waals surface area contributed by atoms with Gasteiger partial charge in [0.2, 0.25) is 0 Å². The van der Waals surface area contributed by atoms with E-state index in [1.807, 2.05) is 32.2 Å². The quantitative estimate of drug-likeness (QED) is 0.476. The topological polar surface area (TPSA) is 61.9 Å². The van der Waals surface area contributed by atoms with Crippen LogP contribution in [-0.4, -0.2) is 12.9 Å². The lowest BCUT2D eigenvalue weighted by atomic mass is 10.0. The lowest BCUT2D eigenvalue weighted by Crippen LogP contribution is -2.12. The van der Waals surface area contributed by atoms with Crippen molar-refractivity contribution in [2.75, 3.05) is 7.05 Å². The fraction of sp³-hybridized carbons (Fsp3) is 0.300. The Morgan fingerprint density at radius 3 is 2.69 bits per heavy atom. The van der Waals surface area contributed by atoms with Crippen molar-refractivity contribution in [1.29, 1.82) is 5.41 Å². The minimum atomic E-state index is 0.124. The first-order chi connectivity index (χ1) is 6.15.